The molecule has 2 fully saturated rings. The van der Waals surface area contributed by atoms with Gasteiger partial charge in [0.15, 0.2) is 0 Å². The minimum absolute atomic E-state index is 0.0585. The first-order valence-electron chi connectivity index (χ1n) is 16.9. The number of carbonyl (C=O) groups is 1. The van der Waals surface area contributed by atoms with Gasteiger partial charge in [-0.05, 0) is 118 Å². The van der Waals surface area contributed by atoms with E-state index in [2.05, 4.69) is 90.5 Å². The maximum Gasteiger partial charge on any atom is 0.242 e. The van der Waals surface area contributed by atoms with Gasteiger partial charge in [-0.15, -0.1) is 0 Å². The molecule has 9 heteroatoms. The number of pyridine rings is 1. The lowest BCUT2D eigenvalue weighted by atomic mass is 9.83. The molecule has 0 spiro atoms. The van der Waals surface area contributed by atoms with Crippen molar-refractivity contribution in [2.24, 2.45) is 17.8 Å². The highest BCUT2D eigenvalue weighted by Crippen LogP contribution is 2.36. The first-order chi connectivity index (χ1) is 22.2. The zero-order valence-electron chi connectivity index (χ0n) is 28.7. The quantitative estimate of drug-likeness (QED) is 0.326. The van der Waals surface area contributed by atoms with Crippen LogP contribution in [0, 0.1) is 17.8 Å². The van der Waals surface area contributed by atoms with Crippen molar-refractivity contribution < 1.29 is 14.3 Å². The Kier molecular flexibility index (Phi) is 11.4. The first kappa shape index (κ1) is 33.9. The SMILES string of the molecule is COC1(N(CC2CCN(c3ccc(N(C)C)cc3)CC2C)C(=O)C2CCC(OCCN(C)C)CC2)C=C(c2ccncc2)C=CN1. The lowest BCUT2D eigenvalue weighted by Gasteiger charge is -2.47. The normalized spacial score (nSPS) is 26.4. The maximum absolute atomic E-state index is 14.6. The Morgan fingerprint density at radius 2 is 1.74 bits per heavy atom. The van der Waals surface area contributed by atoms with Crippen LogP contribution >= 0.6 is 0 Å². The van der Waals surface area contributed by atoms with Crippen LogP contribution in [0.5, 0.6) is 0 Å². The number of carbonyl (C=O) groups excluding carboxylic acids is 1. The molecule has 1 aromatic heterocycles. The van der Waals surface area contributed by atoms with Crippen molar-refractivity contribution in [3.05, 3.63) is 72.7 Å². The summed E-state index contributed by atoms with van der Waals surface area (Å²) in [7, 11) is 9.97. The minimum Gasteiger partial charge on any atom is -0.378 e. The van der Waals surface area contributed by atoms with E-state index in [9.17, 15) is 4.79 Å². The molecule has 3 unspecified atom stereocenters. The molecule has 1 N–H and O–H groups in total. The molecular weight excluding hydrogens is 576 g/mol. The molecule has 1 aromatic carbocycles. The van der Waals surface area contributed by atoms with Crippen LogP contribution in [0.25, 0.3) is 5.57 Å². The molecule has 46 heavy (non-hydrogen) atoms. The lowest BCUT2D eigenvalue weighted by molar-refractivity contribution is -0.170. The van der Waals surface area contributed by atoms with Gasteiger partial charge in [-0.3, -0.25) is 14.7 Å². The van der Waals surface area contributed by atoms with Gasteiger partial charge < -0.3 is 29.5 Å². The van der Waals surface area contributed by atoms with Crippen molar-refractivity contribution in [2.45, 2.75) is 51.0 Å². The number of dihydropyridines is 1. The van der Waals surface area contributed by atoms with Crippen LogP contribution in [0.2, 0.25) is 0 Å². The Balaban J connectivity index is 1.34. The van der Waals surface area contributed by atoms with E-state index in [1.54, 1.807) is 19.5 Å². The number of rotatable bonds is 12. The van der Waals surface area contributed by atoms with E-state index in [-0.39, 0.29) is 17.9 Å². The summed E-state index contributed by atoms with van der Waals surface area (Å²) in [5.74, 6) is -0.241. The average molecular weight is 631 g/mol. The predicted octanol–water partition coefficient (Wildman–Crippen LogP) is 5.08. The van der Waals surface area contributed by atoms with E-state index < -0.39 is 5.85 Å². The highest BCUT2D eigenvalue weighted by atomic mass is 16.5. The van der Waals surface area contributed by atoms with Crippen LogP contribution in [-0.4, -0.2) is 101 Å². The third-order valence-corrected chi connectivity index (χ3v) is 10.0. The lowest BCUT2D eigenvalue weighted by Crippen LogP contribution is -2.63. The van der Waals surface area contributed by atoms with Crippen LogP contribution in [0.1, 0.15) is 44.6 Å². The van der Waals surface area contributed by atoms with E-state index in [1.165, 1.54) is 11.4 Å². The van der Waals surface area contributed by atoms with Crippen molar-refractivity contribution in [2.75, 3.05) is 77.9 Å². The molecule has 2 aliphatic heterocycles. The molecule has 3 heterocycles. The van der Waals surface area contributed by atoms with Gasteiger partial charge in [0.05, 0.1) is 12.7 Å². The number of hydrogen-bond donors (Lipinski definition) is 1. The predicted molar refractivity (Wildman–Crippen MR) is 186 cm³/mol. The zero-order chi connectivity index (χ0) is 32.7. The number of amides is 1. The Morgan fingerprint density at radius 1 is 1.02 bits per heavy atom. The Hall–Kier alpha value is -3.40. The number of anilines is 2. The van der Waals surface area contributed by atoms with E-state index in [4.69, 9.17) is 9.47 Å². The number of allylic oxidation sites excluding steroid dienone is 2. The molecule has 0 bridgehead atoms. The molecule has 3 aliphatic rings. The van der Waals surface area contributed by atoms with E-state index in [1.807, 2.05) is 29.3 Å². The second kappa shape index (κ2) is 15.5. The van der Waals surface area contributed by atoms with Crippen LogP contribution in [0.3, 0.4) is 0 Å². The largest absolute Gasteiger partial charge is 0.378 e. The number of piperidine rings is 1. The summed E-state index contributed by atoms with van der Waals surface area (Å²) in [6, 6.07) is 12.8. The Labute approximate surface area is 276 Å². The van der Waals surface area contributed by atoms with Gasteiger partial charge in [-0.2, -0.15) is 0 Å². The number of aromatic nitrogens is 1. The number of hydrogen-bond acceptors (Lipinski definition) is 8. The highest BCUT2D eigenvalue weighted by molar-refractivity contribution is 5.82. The fourth-order valence-corrected chi connectivity index (χ4v) is 7.04. The molecule has 5 rings (SSSR count). The molecule has 0 radical (unpaired) electrons. The standard InChI is InChI=1S/C37H54N6O3/c1-28-26-42(34-11-9-33(10-12-34)41(4)5)22-18-32(28)27-43(36(44)30-7-13-35(14-8-30)46-24-23-40(2)3)37(45-6)25-31(17-21-39-37)29-15-19-38-20-16-29/h9-12,15-17,19-21,25,28,30,32,35,39H,7-8,13-14,18,22-24,26-27H2,1-6H3. The third-order valence-electron chi connectivity index (χ3n) is 10.0. The van der Waals surface area contributed by atoms with Crippen LogP contribution in [0.4, 0.5) is 11.4 Å². The summed E-state index contributed by atoms with van der Waals surface area (Å²) in [6.07, 6.45) is 14.3. The Morgan fingerprint density at radius 3 is 2.37 bits per heavy atom. The van der Waals surface area contributed by atoms with Crippen molar-refractivity contribution in [1.29, 1.82) is 0 Å². The van der Waals surface area contributed by atoms with E-state index in [0.717, 1.165) is 69.5 Å². The van der Waals surface area contributed by atoms with Crippen molar-refractivity contribution >= 4 is 22.9 Å². The molecule has 1 aliphatic carbocycles. The molecule has 3 atom stereocenters. The van der Waals surface area contributed by atoms with Crippen LogP contribution in [0.15, 0.2) is 67.1 Å². The summed E-state index contributed by atoms with van der Waals surface area (Å²) in [4.78, 5) is 27.6. The maximum atomic E-state index is 14.6. The smallest absolute Gasteiger partial charge is 0.242 e. The van der Waals surface area contributed by atoms with Gasteiger partial charge in [0, 0.05) is 83.3 Å². The highest BCUT2D eigenvalue weighted by Gasteiger charge is 2.44. The van der Waals surface area contributed by atoms with Gasteiger partial charge in [-0.25, -0.2) is 0 Å². The fraction of sp³-hybridized carbons (Fsp3) is 0.568. The molecule has 250 valence electrons. The van der Waals surface area contributed by atoms with Crippen molar-refractivity contribution in [1.82, 2.24) is 20.1 Å². The summed E-state index contributed by atoms with van der Waals surface area (Å²) in [5.41, 5.74) is 4.50. The summed E-state index contributed by atoms with van der Waals surface area (Å²) in [5, 5.41) is 3.47. The number of likely N-dealkylation sites (N-methyl/N-ethyl adjacent to an activating group) is 1. The molecule has 2 aromatic rings. The summed E-state index contributed by atoms with van der Waals surface area (Å²) >= 11 is 0. The summed E-state index contributed by atoms with van der Waals surface area (Å²) < 4.78 is 12.5. The number of benzene rings is 1. The van der Waals surface area contributed by atoms with E-state index >= 15 is 0 Å². The number of ether oxygens (including phenoxy) is 2. The average Bonchev–Trinajstić information content (AvgIpc) is 3.08. The van der Waals surface area contributed by atoms with Crippen LogP contribution < -0.4 is 15.1 Å². The zero-order valence-corrected chi connectivity index (χ0v) is 28.7. The second-order valence-corrected chi connectivity index (χ2v) is 13.7. The van der Waals surface area contributed by atoms with Gasteiger partial charge in [0.25, 0.3) is 0 Å². The monoisotopic (exact) mass is 630 g/mol. The van der Waals surface area contributed by atoms with Gasteiger partial charge in [0.1, 0.15) is 0 Å². The third kappa shape index (κ3) is 8.11. The van der Waals surface area contributed by atoms with Crippen LogP contribution in [-0.2, 0) is 14.3 Å². The molecular formula is C37H54N6O3. The fourth-order valence-electron chi connectivity index (χ4n) is 7.04. The first-order valence-corrected chi connectivity index (χ1v) is 16.9. The topological polar surface area (TPSA) is 73.4 Å². The molecule has 1 amide bonds. The van der Waals surface area contributed by atoms with Gasteiger partial charge in [-0.1, -0.05) is 6.92 Å². The van der Waals surface area contributed by atoms with Crippen molar-refractivity contribution in [3.8, 4) is 0 Å². The van der Waals surface area contributed by atoms with Gasteiger partial charge in [0.2, 0.25) is 11.8 Å². The molecule has 1 saturated heterocycles. The van der Waals surface area contributed by atoms with Crippen molar-refractivity contribution in [3.63, 3.8) is 0 Å². The minimum atomic E-state index is -1.08. The molecule has 9 nitrogen and oxygen atoms in total. The second-order valence-electron chi connectivity index (χ2n) is 13.7. The number of nitrogens with zero attached hydrogens (tertiary/aromatic N) is 5. The molecule has 1 saturated carbocycles. The van der Waals surface area contributed by atoms with E-state index in [0.29, 0.717) is 18.4 Å². The Bertz CT molecular complexity index is 1320. The number of nitrogens with one attached hydrogen (secondary N) is 1. The van der Waals surface area contributed by atoms with Gasteiger partial charge >= 0.3 is 0 Å². The number of methoxy groups -OCH3 is 1. The summed E-state index contributed by atoms with van der Waals surface area (Å²) in [6.45, 7) is 6.50.